The van der Waals surface area contributed by atoms with Gasteiger partial charge in [-0.2, -0.15) is 0 Å². The first kappa shape index (κ1) is 9.38. The molecular weight excluding hydrogens is 170 g/mol. The van der Waals surface area contributed by atoms with Crippen LogP contribution in [0.3, 0.4) is 0 Å². The third-order valence-corrected chi connectivity index (χ3v) is 1.40. The summed E-state index contributed by atoms with van der Waals surface area (Å²) in [6.45, 7) is 1.85. The second-order valence-electron chi connectivity index (χ2n) is 2.29. The van der Waals surface area contributed by atoms with Crippen molar-refractivity contribution in [3.63, 3.8) is 0 Å². The van der Waals surface area contributed by atoms with Gasteiger partial charge in [0.25, 0.3) is 5.78 Å². The van der Waals surface area contributed by atoms with E-state index in [2.05, 4.69) is 9.72 Å². The van der Waals surface area contributed by atoms with E-state index >= 15 is 0 Å². The molecular formula is C9H9NO3. The molecule has 0 amide bonds. The highest BCUT2D eigenvalue weighted by atomic mass is 16.5. The minimum atomic E-state index is -0.825. The van der Waals surface area contributed by atoms with Gasteiger partial charge in [-0.3, -0.25) is 9.78 Å². The molecule has 4 heteroatoms. The lowest BCUT2D eigenvalue weighted by Gasteiger charge is -1.99. The Morgan fingerprint density at radius 2 is 2.00 bits per heavy atom. The van der Waals surface area contributed by atoms with Gasteiger partial charge in [-0.25, -0.2) is 4.79 Å². The molecule has 0 aromatic carbocycles. The zero-order chi connectivity index (χ0) is 9.68. The summed E-state index contributed by atoms with van der Waals surface area (Å²) in [5.41, 5.74) is 0.299. The van der Waals surface area contributed by atoms with Crippen LogP contribution in [-0.2, 0) is 9.53 Å². The molecule has 0 saturated carbocycles. The maximum absolute atomic E-state index is 11.2. The quantitative estimate of drug-likeness (QED) is 0.391. The fourth-order valence-corrected chi connectivity index (χ4v) is 0.818. The van der Waals surface area contributed by atoms with E-state index in [0.29, 0.717) is 5.56 Å². The van der Waals surface area contributed by atoms with Crippen molar-refractivity contribution in [2.24, 2.45) is 0 Å². The molecule has 0 unspecified atom stereocenters. The van der Waals surface area contributed by atoms with E-state index in [1.54, 1.807) is 6.92 Å². The minimum absolute atomic E-state index is 0.204. The van der Waals surface area contributed by atoms with E-state index in [9.17, 15) is 9.59 Å². The number of carbonyl (C=O) groups excluding carboxylic acids is 2. The molecule has 0 aliphatic heterocycles. The first-order valence-corrected chi connectivity index (χ1v) is 3.87. The molecule has 1 rings (SSSR count). The summed E-state index contributed by atoms with van der Waals surface area (Å²) in [7, 11) is 0. The minimum Gasteiger partial charge on any atom is -0.460 e. The Balaban J connectivity index is 2.74. The summed E-state index contributed by atoms with van der Waals surface area (Å²) in [5, 5.41) is 0. The van der Waals surface area contributed by atoms with Crippen LogP contribution in [0.15, 0.2) is 24.5 Å². The zero-order valence-electron chi connectivity index (χ0n) is 7.19. The fourth-order valence-electron chi connectivity index (χ4n) is 0.818. The van der Waals surface area contributed by atoms with Crippen LogP contribution < -0.4 is 0 Å². The van der Waals surface area contributed by atoms with E-state index in [0.717, 1.165) is 0 Å². The Morgan fingerprint density at radius 1 is 1.38 bits per heavy atom. The predicted octanol–water partition coefficient (Wildman–Crippen LogP) is 0.827. The molecule has 4 nitrogen and oxygen atoms in total. The van der Waals surface area contributed by atoms with E-state index in [1.807, 2.05) is 0 Å². The molecule has 0 N–H and O–H groups in total. The molecule has 68 valence electrons. The van der Waals surface area contributed by atoms with Crippen LogP contribution in [0.5, 0.6) is 0 Å². The predicted molar refractivity (Wildman–Crippen MR) is 45.2 cm³/mol. The number of Topliss-reactive ketones (excluding diaryl/α,β-unsaturated/α-hetero) is 1. The van der Waals surface area contributed by atoms with Gasteiger partial charge in [-0.1, -0.05) is 0 Å². The molecule has 0 bridgehead atoms. The summed E-state index contributed by atoms with van der Waals surface area (Å²) in [6.07, 6.45) is 2.90. The number of ketones is 1. The Hall–Kier alpha value is -1.71. The summed E-state index contributed by atoms with van der Waals surface area (Å²) < 4.78 is 4.55. The van der Waals surface area contributed by atoms with E-state index < -0.39 is 11.8 Å². The first-order valence-electron chi connectivity index (χ1n) is 3.87. The lowest BCUT2D eigenvalue weighted by atomic mass is 10.2. The van der Waals surface area contributed by atoms with Gasteiger partial charge in [-0.05, 0) is 19.1 Å². The van der Waals surface area contributed by atoms with Gasteiger partial charge in [0, 0.05) is 18.0 Å². The SMILES string of the molecule is CCOC(=O)C(=O)c1ccncc1. The number of hydrogen-bond acceptors (Lipinski definition) is 4. The molecule has 1 aromatic heterocycles. The average Bonchev–Trinajstić information content (AvgIpc) is 2.18. The highest BCUT2D eigenvalue weighted by molar-refractivity contribution is 6.40. The molecule has 13 heavy (non-hydrogen) atoms. The molecule has 0 aliphatic rings. The Bertz CT molecular complexity index is 308. The Morgan fingerprint density at radius 3 is 2.54 bits per heavy atom. The van der Waals surface area contributed by atoms with Crippen molar-refractivity contribution in [3.05, 3.63) is 30.1 Å². The third kappa shape index (κ3) is 2.37. The van der Waals surface area contributed by atoms with Crippen LogP contribution in [0.25, 0.3) is 0 Å². The number of ether oxygens (including phenoxy) is 1. The molecule has 0 fully saturated rings. The average molecular weight is 179 g/mol. The van der Waals surface area contributed by atoms with E-state index in [-0.39, 0.29) is 6.61 Å². The summed E-state index contributed by atoms with van der Waals surface area (Å²) in [6, 6.07) is 2.94. The second-order valence-corrected chi connectivity index (χ2v) is 2.29. The maximum atomic E-state index is 11.2. The van der Waals surface area contributed by atoms with Gasteiger partial charge in [-0.15, -0.1) is 0 Å². The third-order valence-electron chi connectivity index (χ3n) is 1.40. The number of nitrogens with zero attached hydrogens (tertiary/aromatic N) is 1. The number of hydrogen-bond donors (Lipinski definition) is 0. The monoisotopic (exact) mass is 179 g/mol. The number of carbonyl (C=O) groups is 2. The van der Waals surface area contributed by atoms with Gasteiger partial charge in [0.05, 0.1) is 6.61 Å². The topological polar surface area (TPSA) is 56.3 Å². The molecule has 0 radical (unpaired) electrons. The van der Waals surface area contributed by atoms with Crippen LogP contribution in [-0.4, -0.2) is 23.3 Å². The van der Waals surface area contributed by atoms with Crippen LogP contribution >= 0.6 is 0 Å². The lowest BCUT2D eigenvalue weighted by Crippen LogP contribution is -2.17. The van der Waals surface area contributed by atoms with Gasteiger partial charge in [0.1, 0.15) is 0 Å². The van der Waals surface area contributed by atoms with Gasteiger partial charge < -0.3 is 4.74 Å². The summed E-state index contributed by atoms with van der Waals surface area (Å²) >= 11 is 0. The number of pyridine rings is 1. The van der Waals surface area contributed by atoms with Crippen LogP contribution in [0.4, 0.5) is 0 Å². The Labute approximate surface area is 75.5 Å². The van der Waals surface area contributed by atoms with E-state index in [1.165, 1.54) is 24.5 Å². The van der Waals surface area contributed by atoms with E-state index in [4.69, 9.17) is 0 Å². The maximum Gasteiger partial charge on any atom is 0.379 e. The number of esters is 1. The summed E-state index contributed by atoms with van der Waals surface area (Å²) in [4.78, 5) is 25.9. The largest absolute Gasteiger partial charge is 0.460 e. The van der Waals surface area contributed by atoms with Crippen molar-refractivity contribution in [2.45, 2.75) is 6.92 Å². The van der Waals surface area contributed by atoms with Crippen molar-refractivity contribution >= 4 is 11.8 Å². The van der Waals surface area contributed by atoms with Gasteiger partial charge in [0.2, 0.25) is 0 Å². The van der Waals surface area contributed by atoms with Crippen LogP contribution in [0, 0.1) is 0 Å². The van der Waals surface area contributed by atoms with Crippen molar-refractivity contribution in [1.82, 2.24) is 4.98 Å². The lowest BCUT2D eigenvalue weighted by molar-refractivity contribution is -0.137. The molecule has 0 spiro atoms. The van der Waals surface area contributed by atoms with Crippen molar-refractivity contribution in [2.75, 3.05) is 6.61 Å². The normalized spacial score (nSPS) is 9.31. The highest BCUT2D eigenvalue weighted by Gasteiger charge is 2.16. The number of aromatic nitrogens is 1. The van der Waals surface area contributed by atoms with Gasteiger partial charge in [0.15, 0.2) is 0 Å². The van der Waals surface area contributed by atoms with Crippen molar-refractivity contribution in [3.8, 4) is 0 Å². The van der Waals surface area contributed by atoms with Crippen LogP contribution in [0.2, 0.25) is 0 Å². The van der Waals surface area contributed by atoms with Crippen LogP contribution in [0.1, 0.15) is 17.3 Å². The fraction of sp³-hybridized carbons (Fsp3) is 0.222. The first-order chi connectivity index (χ1) is 6.25. The Kier molecular flexibility index (Phi) is 3.14. The zero-order valence-corrected chi connectivity index (χ0v) is 7.19. The standard InChI is InChI=1S/C9H9NO3/c1-2-13-9(12)8(11)7-3-5-10-6-4-7/h3-6H,2H2,1H3. The molecule has 0 saturated heterocycles. The summed E-state index contributed by atoms with van der Waals surface area (Å²) in [5.74, 6) is -1.46. The number of rotatable bonds is 3. The molecule has 0 aliphatic carbocycles. The van der Waals surface area contributed by atoms with Gasteiger partial charge >= 0.3 is 5.97 Å². The van der Waals surface area contributed by atoms with Crippen molar-refractivity contribution < 1.29 is 14.3 Å². The van der Waals surface area contributed by atoms with Crippen molar-refractivity contribution in [1.29, 1.82) is 0 Å². The smallest absolute Gasteiger partial charge is 0.379 e. The highest BCUT2D eigenvalue weighted by Crippen LogP contribution is 1.99. The second kappa shape index (κ2) is 4.35. The molecule has 1 aromatic rings. The molecule has 0 atom stereocenters. The molecule has 1 heterocycles.